The molecule has 1 fully saturated rings. The molecule has 0 amide bonds. The van der Waals surface area contributed by atoms with E-state index in [2.05, 4.69) is 4.72 Å². The number of nitrogens with one attached hydrogen (secondary N) is 1. The lowest BCUT2D eigenvalue weighted by Crippen LogP contribution is -2.41. The molecule has 2 rings (SSSR count). The fourth-order valence-electron chi connectivity index (χ4n) is 2.54. The first-order valence-electron chi connectivity index (χ1n) is 7.65. The van der Waals surface area contributed by atoms with E-state index in [0.29, 0.717) is 19.5 Å². The van der Waals surface area contributed by atoms with Crippen molar-refractivity contribution < 1.29 is 16.8 Å². The summed E-state index contributed by atoms with van der Waals surface area (Å²) in [5.74, 6) is 0. The van der Waals surface area contributed by atoms with Crippen molar-refractivity contribution in [1.82, 2.24) is 9.03 Å². The third-order valence-corrected chi connectivity index (χ3v) is 6.40. The number of rotatable bonds is 6. The Balaban J connectivity index is 1.88. The normalized spacial score (nSPS) is 17.8. The second-order valence-electron chi connectivity index (χ2n) is 5.65. The quantitative estimate of drug-likeness (QED) is 0.772. The van der Waals surface area contributed by atoms with Crippen LogP contribution in [-0.2, 0) is 26.7 Å². The van der Waals surface area contributed by atoms with E-state index in [0.717, 1.165) is 31.2 Å². The smallest absolute Gasteiger partial charge is 0.225 e. The van der Waals surface area contributed by atoms with Gasteiger partial charge in [-0.05, 0) is 37.0 Å². The van der Waals surface area contributed by atoms with Crippen LogP contribution in [0.2, 0.25) is 0 Å². The highest BCUT2D eigenvalue weighted by Gasteiger charge is 2.22. The van der Waals surface area contributed by atoms with Gasteiger partial charge in [-0.1, -0.05) is 25.0 Å². The summed E-state index contributed by atoms with van der Waals surface area (Å²) >= 11 is 0. The summed E-state index contributed by atoms with van der Waals surface area (Å²) in [6.07, 6.45) is 4.43. The molecule has 3 N–H and O–H groups in total. The lowest BCUT2D eigenvalue weighted by atomic mass is 10.2. The topological polar surface area (TPSA) is 110 Å². The molecule has 0 spiro atoms. The van der Waals surface area contributed by atoms with E-state index in [4.69, 9.17) is 5.14 Å². The minimum absolute atomic E-state index is 0.0476. The first-order chi connectivity index (χ1) is 10.8. The van der Waals surface area contributed by atoms with Crippen LogP contribution in [0.1, 0.15) is 31.2 Å². The zero-order chi connectivity index (χ0) is 16.9. The van der Waals surface area contributed by atoms with Gasteiger partial charge < -0.3 is 0 Å². The predicted molar refractivity (Wildman–Crippen MR) is 88.5 cm³/mol. The zero-order valence-electron chi connectivity index (χ0n) is 12.9. The molecule has 130 valence electrons. The minimum atomic E-state index is -3.70. The van der Waals surface area contributed by atoms with Crippen LogP contribution in [0.15, 0.2) is 29.2 Å². The number of primary sulfonamides is 1. The Hall–Kier alpha value is -1.00. The van der Waals surface area contributed by atoms with Gasteiger partial charge in [0, 0.05) is 19.6 Å². The summed E-state index contributed by atoms with van der Waals surface area (Å²) in [6.45, 7) is 1.41. The third kappa shape index (κ3) is 5.54. The van der Waals surface area contributed by atoms with Crippen molar-refractivity contribution in [3.63, 3.8) is 0 Å². The highest BCUT2D eigenvalue weighted by atomic mass is 32.2. The molecule has 1 aromatic carbocycles. The number of sulfonamides is 1. The lowest BCUT2D eigenvalue weighted by Gasteiger charge is -2.20. The first-order valence-corrected chi connectivity index (χ1v) is 10.6. The minimum Gasteiger partial charge on any atom is -0.225 e. The maximum absolute atomic E-state index is 12.2. The summed E-state index contributed by atoms with van der Waals surface area (Å²) in [7, 11) is -7.14. The van der Waals surface area contributed by atoms with E-state index in [-0.39, 0.29) is 11.4 Å². The van der Waals surface area contributed by atoms with Gasteiger partial charge >= 0.3 is 0 Å². The van der Waals surface area contributed by atoms with Crippen molar-refractivity contribution in [2.45, 2.75) is 37.0 Å². The summed E-state index contributed by atoms with van der Waals surface area (Å²) < 4.78 is 50.9. The Kier molecular flexibility index (Phi) is 6.15. The largest absolute Gasteiger partial charge is 0.279 e. The van der Waals surface area contributed by atoms with Crippen LogP contribution in [0.5, 0.6) is 0 Å². The molecule has 0 radical (unpaired) electrons. The van der Waals surface area contributed by atoms with Gasteiger partial charge in [-0.2, -0.15) is 12.7 Å². The molecule has 7 nitrogen and oxygen atoms in total. The number of benzene rings is 1. The molecule has 1 saturated heterocycles. The second kappa shape index (κ2) is 7.71. The fraction of sp³-hybridized carbons (Fsp3) is 0.571. The lowest BCUT2D eigenvalue weighted by molar-refractivity contribution is 0.415. The molecule has 0 saturated carbocycles. The molecule has 9 heteroatoms. The van der Waals surface area contributed by atoms with Crippen molar-refractivity contribution in [1.29, 1.82) is 0 Å². The van der Waals surface area contributed by atoms with E-state index in [1.807, 2.05) is 0 Å². The maximum atomic E-state index is 12.2. The van der Waals surface area contributed by atoms with Crippen molar-refractivity contribution in [3.05, 3.63) is 29.8 Å². The van der Waals surface area contributed by atoms with Gasteiger partial charge in [0.25, 0.3) is 10.2 Å². The second-order valence-corrected chi connectivity index (χ2v) is 8.97. The van der Waals surface area contributed by atoms with Crippen molar-refractivity contribution in [3.8, 4) is 0 Å². The van der Waals surface area contributed by atoms with Crippen LogP contribution in [-0.4, -0.2) is 40.8 Å². The Morgan fingerprint density at radius 2 is 1.52 bits per heavy atom. The number of nitrogens with two attached hydrogens (primary N) is 1. The summed E-state index contributed by atoms with van der Waals surface area (Å²) in [4.78, 5) is 0.0476. The standard InChI is InChI=1S/C14H23N3O4S2/c15-22(18,19)14-7-5-13(6-8-14)9-10-16-23(20,21)17-11-3-1-2-4-12-17/h5-8,16H,1-4,9-12H2,(H2,15,18,19). The van der Waals surface area contributed by atoms with E-state index in [1.165, 1.54) is 16.4 Å². The van der Waals surface area contributed by atoms with Gasteiger partial charge in [-0.3, -0.25) is 0 Å². The van der Waals surface area contributed by atoms with Gasteiger partial charge in [0.2, 0.25) is 10.0 Å². The van der Waals surface area contributed by atoms with Crippen LogP contribution in [0, 0.1) is 0 Å². The SMILES string of the molecule is NS(=O)(=O)c1ccc(CCNS(=O)(=O)N2CCCCCC2)cc1. The molecular formula is C14H23N3O4S2. The fourth-order valence-corrected chi connectivity index (χ4v) is 4.34. The molecule has 1 aromatic rings. The molecule has 0 unspecified atom stereocenters. The molecule has 1 aliphatic heterocycles. The molecule has 0 bridgehead atoms. The Morgan fingerprint density at radius 1 is 0.957 bits per heavy atom. The van der Waals surface area contributed by atoms with Crippen LogP contribution in [0.25, 0.3) is 0 Å². The van der Waals surface area contributed by atoms with Crippen molar-refractivity contribution in [2.24, 2.45) is 5.14 Å². The molecule has 0 atom stereocenters. The Morgan fingerprint density at radius 3 is 2.04 bits per heavy atom. The number of hydrogen-bond acceptors (Lipinski definition) is 4. The van der Waals surface area contributed by atoms with Gasteiger partial charge in [0.15, 0.2) is 0 Å². The molecule has 23 heavy (non-hydrogen) atoms. The highest BCUT2D eigenvalue weighted by molar-refractivity contribution is 7.89. The Bertz CT molecular complexity index is 707. The summed E-state index contributed by atoms with van der Waals surface area (Å²) in [6, 6.07) is 6.13. The van der Waals surface area contributed by atoms with Crippen molar-refractivity contribution >= 4 is 20.2 Å². The van der Waals surface area contributed by atoms with Crippen LogP contribution in [0.3, 0.4) is 0 Å². The van der Waals surface area contributed by atoms with E-state index >= 15 is 0 Å². The number of hydrogen-bond donors (Lipinski definition) is 2. The van der Waals surface area contributed by atoms with Gasteiger partial charge in [0.1, 0.15) is 0 Å². The van der Waals surface area contributed by atoms with E-state index < -0.39 is 20.2 Å². The van der Waals surface area contributed by atoms with Gasteiger partial charge in [-0.25, -0.2) is 18.3 Å². The van der Waals surface area contributed by atoms with Gasteiger partial charge in [-0.15, -0.1) is 0 Å². The molecule has 1 heterocycles. The van der Waals surface area contributed by atoms with E-state index in [9.17, 15) is 16.8 Å². The Labute approximate surface area is 138 Å². The summed E-state index contributed by atoms with van der Waals surface area (Å²) in [5, 5.41) is 5.03. The summed E-state index contributed by atoms with van der Waals surface area (Å²) in [5.41, 5.74) is 0.843. The third-order valence-electron chi connectivity index (χ3n) is 3.85. The average Bonchev–Trinajstić information content (AvgIpc) is 2.76. The van der Waals surface area contributed by atoms with Crippen molar-refractivity contribution in [2.75, 3.05) is 19.6 Å². The van der Waals surface area contributed by atoms with E-state index in [1.54, 1.807) is 12.1 Å². The molecule has 1 aliphatic rings. The predicted octanol–water partition coefficient (Wildman–Crippen LogP) is 0.587. The molecule has 0 aliphatic carbocycles. The number of nitrogens with zero attached hydrogens (tertiary/aromatic N) is 1. The highest BCUT2D eigenvalue weighted by Crippen LogP contribution is 2.13. The van der Waals surface area contributed by atoms with Gasteiger partial charge in [0.05, 0.1) is 4.90 Å². The van der Waals surface area contributed by atoms with Crippen LogP contribution < -0.4 is 9.86 Å². The maximum Gasteiger partial charge on any atom is 0.279 e. The molecule has 0 aromatic heterocycles. The van der Waals surface area contributed by atoms with Crippen LogP contribution >= 0.6 is 0 Å². The van der Waals surface area contributed by atoms with Crippen LogP contribution in [0.4, 0.5) is 0 Å². The monoisotopic (exact) mass is 361 g/mol. The zero-order valence-corrected chi connectivity index (χ0v) is 14.6. The molecular weight excluding hydrogens is 338 g/mol. The average molecular weight is 361 g/mol. The first kappa shape index (κ1) is 18.3.